The van der Waals surface area contributed by atoms with Crippen molar-refractivity contribution in [1.82, 2.24) is 5.32 Å². The highest BCUT2D eigenvalue weighted by Crippen LogP contribution is 2.13. The van der Waals surface area contributed by atoms with E-state index >= 15 is 0 Å². The molecule has 6 heteroatoms. The third-order valence-corrected chi connectivity index (χ3v) is 4.37. The molecule has 3 nitrogen and oxygen atoms in total. The minimum absolute atomic E-state index is 0.199. The highest BCUT2D eigenvalue weighted by Gasteiger charge is 2.06. The van der Waals surface area contributed by atoms with Gasteiger partial charge in [-0.1, -0.05) is 24.3 Å². The molecule has 1 unspecified atom stereocenters. The summed E-state index contributed by atoms with van der Waals surface area (Å²) in [5.74, 6) is -1.71. The lowest BCUT2D eigenvalue weighted by Gasteiger charge is -2.03. The van der Waals surface area contributed by atoms with Crippen LogP contribution < -0.4 is 5.32 Å². The highest BCUT2D eigenvalue weighted by atomic mass is 32.2. The molecule has 1 amide bonds. The van der Waals surface area contributed by atoms with Gasteiger partial charge < -0.3 is 5.32 Å². The molecule has 1 N–H and O–H groups in total. The van der Waals surface area contributed by atoms with E-state index in [-0.39, 0.29) is 17.9 Å². The van der Waals surface area contributed by atoms with E-state index in [1.165, 1.54) is 6.07 Å². The fraction of sp³-hybridized carbons (Fsp3) is 0.118. The van der Waals surface area contributed by atoms with Gasteiger partial charge in [-0.15, -0.1) is 0 Å². The number of rotatable bonds is 6. The monoisotopic (exact) mass is 335 g/mol. The zero-order valence-corrected chi connectivity index (χ0v) is 13.0. The number of carbonyl (C=O) groups is 1. The SMILES string of the molecule is O=C(/C=C/c1c(F)cccc1F)NCCS(=O)c1ccccc1. The Bertz CT molecular complexity index is 712. The van der Waals surface area contributed by atoms with E-state index in [0.29, 0.717) is 4.90 Å². The Morgan fingerprint density at radius 2 is 1.70 bits per heavy atom. The van der Waals surface area contributed by atoms with Crippen LogP contribution in [0.5, 0.6) is 0 Å². The van der Waals surface area contributed by atoms with Crippen LogP contribution in [0, 0.1) is 11.6 Å². The topological polar surface area (TPSA) is 46.2 Å². The summed E-state index contributed by atoms with van der Waals surface area (Å²) in [6, 6.07) is 12.4. The molecule has 0 aliphatic carbocycles. The summed E-state index contributed by atoms with van der Waals surface area (Å²) in [5, 5.41) is 2.53. The maximum absolute atomic E-state index is 13.4. The zero-order valence-electron chi connectivity index (χ0n) is 12.2. The predicted molar refractivity (Wildman–Crippen MR) is 86.1 cm³/mol. The van der Waals surface area contributed by atoms with E-state index in [4.69, 9.17) is 0 Å². The molecule has 0 aliphatic rings. The van der Waals surface area contributed by atoms with Crippen LogP contribution >= 0.6 is 0 Å². The molecule has 0 bridgehead atoms. The molecule has 0 aromatic heterocycles. The third-order valence-electron chi connectivity index (χ3n) is 2.99. The zero-order chi connectivity index (χ0) is 16.7. The van der Waals surface area contributed by atoms with E-state index < -0.39 is 28.3 Å². The molecular weight excluding hydrogens is 320 g/mol. The van der Waals surface area contributed by atoms with Crippen molar-refractivity contribution in [3.8, 4) is 0 Å². The van der Waals surface area contributed by atoms with Crippen molar-refractivity contribution in [2.75, 3.05) is 12.3 Å². The van der Waals surface area contributed by atoms with Gasteiger partial charge in [0.15, 0.2) is 0 Å². The van der Waals surface area contributed by atoms with E-state index in [1.807, 2.05) is 6.07 Å². The number of hydrogen-bond donors (Lipinski definition) is 1. The highest BCUT2D eigenvalue weighted by molar-refractivity contribution is 7.85. The summed E-state index contributed by atoms with van der Waals surface area (Å²) in [4.78, 5) is 12.3. The van der Waals surface area contributed by atoms with Crippen molar-refractivity contribution < 1.29 is 17.8 Å². The molecule has 2 rings (SSSR count). The van der Waals surface area contributed by atoms with Gasteiger partial charge in [-0.2, -0.15) is 0 Å². The van der Waals surface area contributed by atoms with Gasteiger partial charge in [0.25, 0.3) is 0 Å². The molecule has 0 radical (unpaired) electrons. The molecular formula is C17H15F2NO2S. The third kappa shape index (κ3) is 5.10. The fourth-order valence-corrected chi connectivity index (χ4v) is 2.83. The van der Waals surface area contributed by atoms with E-state index in [2.05, 4.69) is 5.32 Å². The first-order valence-corrected chi connectivity index (χ1v) is 8.23. The Morgan fingerprint density at radius 1 is 1.04 bits per heavy atom. The minimum Gasteiger partial charge on any atom is -0.352 e. The van der Waals surface area contributed by atoms with Gasteiger partial charge in [-0.3, -0.25) is 9.00 Å². The smallest absolute Gasteiger partial charge is 0.244 e. The van der Waals surface area contributed by atoms with Crippen molar-refractivity contribution in [3.05, 3.63) is 71.8 Å². The summed E-state index contributed by atoms with van der Waals surface area (Å²) in [7, 11) is -1.21. The number of hydrogen-bond acceptors (Lipinski definition) is 2. The van der Waals surface area contributed by atoms with Crippen molar-refractivity contribution in [3.63, 3.8) is 0 Å². The molecule has 0 spiro atoms. The Labute approximate surface area is 135 Å². The summed E-state index contributed by atoms with van der Waals surface area (Å²) >= 11 is 0. The minimum atomic E-state index is -1.21. The molecule has 0 heterocycles. The number of nitrogens with one attached hydrogen (secondary N) is 1. The van der Waals surface area contributed by atoms with Crippen LogP contribution in [0.3, 0.4) is 0 Å². The molecule has 0 aliphatic heterocycles. The molecule has 23 heavy (non-hydrogen) atoms. The van der Waals surface area contributed by atoms with Crippen LogP contribution in [0.1, 0.15) is 5.56 Å². The van der Waals surface area contributed by atoms with Crippen LogP contribution in [-0.2, 0) is 15.6 Å². The quantitative estimate of drug-likeness (QED) is 0.825. The maximum atomic E-state index is 13.4. The first-order chi connectivity index (χ1) is 11.1. The average Bonchev–Trinajstić information content (AvgIpc) is 2.55. The van der Waals surface area contributed by atoms with Crippen LogP contribution in [-0.4, -0.2) is 22.4 Å². The Hall–Kier alpha value is -2.34. The van der Waals surface area contributed by atoms with Crippen molar-refractivity contribution in [2.45, 2.75) is 4.90 Å². The van der Waals surface area contributed by atoms with Crippen LogP contribution in [0.25, 0.3) is 6.08 Å². The second kappa shape index (κ2) is 8.33. The van der Waals surface area contributed by atoms with Gasteiger partial charge in [-0.05, 0) is 30.3 Å². The van der Waals surface area contributed by atoms with Gasteiger partial charge in [0.2, 0.25) is 5.91 Å². The standard InChI is InChI=1S/C17H15F2NO2S/c18-15-7-4-8-16(19)14(15)9-10-17(21)20-11-12-23(22)13-5-2-1-3-6-13/h1-10H,11-12H2,(H,20,21)/b10-9+. The average molecular weight is 335 g/mol. The lowest BCUT2D eigenvalue weighted by molar-refractivity contribution is -0.116. The van der Waals surface area contributed by atoms with E-state index in [0.717, 1.165) is 24.3 Å². The maximum Gasteiger partial charge on any atom is 0.244 e. The second-order valence-electron chi connectivity index (χ2n) is 4.62. The number of benzene rings is 2. The number of halogens is 2. The first kappa shape index (κ1) is 17.0. The first-order valence-electron chi connectivity index (χ1n) is 6.91. The number of amides is 1. The Morgan fingerprint density at radius 3 is 2.35 bits per heavy atom. The van der Waals surface area contributed by atoms with Gasteiger partial charge in [-0.25, -0.2) is 8.78 Å². The normalized spacial score (nSPS) is 12.3. The molecule has 0 saturated heterocycles. The van der Waals surface area contributed by atoms with Gasteiger partial charge >= 0.3 is 0 Å². The Balaban J connectivity index is 1.84. The molecule has 1 atom stereocenters. The number of carbonyl (C=O) groups excluding carboxylic acids is 1. The molecule has 120 valence electrons. The van der Waals surface area contributed by atoms with Gasteiger partial charge in [0.05, 0.1) is 10.8 Å². The molecule has 0 saturated carbocycles. The predicted octanol–water partition coefficient (Wildman–Crippen LogP) is 2.90. The summed E-state index contributed by atoms with van der Waals surface area (Å²) in [6.45, 7) is 0.199. The van der Waals surface area contributed by atoms with Crippen LogP contribution in [0.4, 0.5) is 8.78 Å². The lowest BCUT2D eigenvalue weighted by Crippen LogP contribution is -2.25. The van der Waals surface area contributed by atoms with Crippen molar-refractivity contribution in [2.24, 2.45) is 0 Å². The van der Waals surface area contributed by atoms with E-state index in [9.17, 15) is 17.8 Å². The van der Waals surface area contributed by atoms with E-state index in [1.54, 1.807) is 24.3 Å². The summed E-state index contributed by atoms with van der Waals surface area (Å²) in [5.41, 5.74) is -0.268. The van der Waals surface area contributed by atoms with Crippen LogP contribution in [0.2, 0.25) is 0 Å². The van der Waals surface area contributed by atoms with Gasteiger partial charge in [0, 0.05) is 28.8 Å². The van der Waals surface area contributed by atoms with Crippen LogP contribution in [0.15, 0.2) is 59.5 Å². The van der Waals surface area contributed by atoms with Crippen molar-refractivity contribution in [1.29, 1.82) is 0 Å². The molecule has 0 fully saturated rings. The Kier molecular flexibility index (Phi) is 6.17. The summed E-state index contributed by atoms with van der Waals surface area (Å²) in [6.07, 6.45) is 2.13. The summed E-state index contributed by atoms with van der Waals surface area (Å²) < 4.78 is 38.7. The van der Waals surface area contributed by atoms with Gasteiger partial charge in [0.1, 0.15) is 11.6 Å². The largest absolute Gasteiger partial charge is 0.352 e. The van der Waals surface area contributed by atoms with Crippen molar-refractivity contribution >= 4 is 22.8 Å². The molecule has 2 aromatic carbocycles. The fourth-order valence-electron chi connectivity index (χ4n) is 1.84. The lowest BCUT2D eigenvalue weighted by atomic mass is 10.2. The molecule has 2 aromatic rings. The second-order valence-corrected chi connectivity index (χ2v) is 6.19.